The maximum atomic E-state index is 11.5. The molecule has 0 fully saturated rings. The quantitative estimate of drug-likeness (QED) is 0.0686. The minimum absolute atomic E-state index is 0.0378. The molecule has 0 amide bonds. The Hall–Kier alpha value is -3.16. The molecule has 4 aromatic carbocycles. The monoisotopic (exact) mass is 724 g/mol. The molecule has 4 N–H and O–H groups in total. The lowest BCUT2D eigenvalue weighted by atomic mass is 10.1. The highest BCUT2D eigenvalue weighted by atomic mass is 79.9. The first-order chi connectivity index (χ1) is 20.2. The topological polar surface area (TPSA) is 115 Å². The van der Waals surface area contributed by atoms with Crippen LogP contribution in [0.1, 0.15) is 11.1 Å². The van der Waals surface area contributed by atoms with Crippen LogP contribution in [-0.2, 0) is 12.8 Å². The Morgan fingerprint density at radius 3 is 2.26 bits per heavy atom. The number of nitrogens with two attached hydrogens (primary N) is 2. The average molecular weight is 727 g/mol. The van der Waals surface area contributed by atoms with Crippen molar-refractivity contribution in [3.05, 3.63) is 115 Å². The molecule has 2 heterocycles. The Morgan fingerprint density at radius 2 is 1.60 bits per heavy atom. The predicted molar refractivity (Wildman–Crippen MR) is 180 cm³/mol. The van der Waals surface area contributed by atoms with Crippen LogP contribution in [0.5, 0.6) is 0 Å². The Balaban J connectivity index is 1.41. The third kappa shape index (κ3) is 5.86. The number of fused-ring (bicyclic) bond motifs is 2. The summed E-state index contributed by atoms with van der Waals surface area (Å²) in [6.07, 6.45) is 1.51. The third-order valence-electron chi connectivity index (χ3n) is 7.19. The normalized spacial score (nSPS) is 16.1. The number of thioether (sulfide) groups is 1. The SMILES string of the molecule is Nc1ccc2c(c1)SC(N)(N(CCc1ccc(Br)cc1)c1nc3ccc([N+](=O)[O-])cc3s1)N2CCc1ccc(Br)cc1. The van der Waals surface area contributed by atoms with Crippen molar-refractivity contribution in [1.29, 1.82) is 0 Å². The first-order valence-electron chi connectivity index (χ1n) is 13.2. The molecule has 0 aliphatic carbocycles. The van der Waals surface area contributed by atoms with Gasteiger partial charge in [-0.15, -0.1) is 0 Å². The number of rotatable bonds is 9. The number of aromatic nitrogens is 1. The summed E-state index contributed by atoms with van der Waals surface area (Å²) in [6.45, 7) is 1.23. The van der Waals surface area contributed by atoms with Crippen molar-refractivity contribution in [2.45, 2.75) is 22.9 Å². The number of hydrogen-bond donors (Lipinski definition) is 2. The van der Waals surface area contributed by atoms with Crippen molar-refractivity contribution in [2.75, 3.05) is 28.6 Å². The first kappa shape index (κ1) is 28.9. The molecule has 214 valence electrons. The number of benzene rings is 4. The van der Waals surface area contributed by atoms with Gasteiger partial charge >= 0.3 is 0 Å². The Kier molecular flexibility index (Phi) is 8.16. The lowest BCUT2D eigenvalue weighted by molar-refractivity contribution is -0.384. The van der Waals surface area contributed by atoms with Crippen LogP contribution in [0.25, 0.3) is 10.2 Å². The van der Waals surface area contributed by atoms with Crippen molar-refractivity contribution >= 4 is 87.4 Å². The molecular weight excluding hydrogens is 700 g/mol. The molecule has 0 bridgehead atoms. The van der Waals surface area contributed by atoms with Gasteiger partial charge in [0, 0.05) is 44.8 Å². The van der Waals surface area contributed by atoms with Gasteiger partial charge in [-0.3, -0.25) is 15.8 Å². The number of nitrogens with zero attached hydrogens (tertiary/aromatic N) is 4. The Bertz CT molecular complexity index is 1770. The van der Waals surface area contributed by atoms with Crippen molar-refractivity contribution in [1.82, 2.24) is 4.98 Å². The fourth-order valence-electron chi connectivity index (χ4n) is 5.01. The molecule has 8 nitrogen and oxygen atoms in total. The van der Waals surface area contributed by atoms with E-state index >= 15 is 0 Å². The van der Waals surface area contributed by atoms with Gasteiger partial charge in [0.25, 0.3) is 5.69 Å². The molecule has 1 aromatic heterocycles. The van der Waals surface area contributed by atoms with Gasteiger partial charge < -0.3 is 15.5 Å². The summed E-state index contributed by atoms with van der Waals surface area (Å²) >= 11 is 10.0. The number of halogens is 2. The highest BCUT2D eigenvalue weighted by molar-refractivity contribution is 9.10. The zero-order valence-corrected chi connectivity index (χ0v) is 27.0. The number of hydrogen-bond acceptors (Lipinski definition) is 9. The van der Waals surface area contributed by atoms with Crippen LogP contribution < -0.4 is 21.3 Å². The summed E-state index contributed by atoms with van der Waals surface area (Å²) < 4.78 is 2.79. The van der Waals surface area contributed by atoms with Crippen LogP contribution in [0, 0.1) is 10.1 Å². The van der Waals surface area contributed by atoms with E-state index in [0.29, 0.717) is 29.4 Å². The van der Waals surface area contributed by atoms with Gasteiger partial charge in [0.05, 0.1) is 20.8 Å². The van der Waals surface area contributed by atoms with E-state index in [1.807, 2.05) is 42.5 Å². The molecule has 5 aromatic rings. The van der Waals surface area contributed by atoms with Crippen molar-refractivity contribution in [2.24, 2.45) is 5.73 Å². The summed E-state index contributed by atoms with van der Waals surface area (Å²) in [4.78, 5) is 21.4. The molecule has 0 saturated heterocycles. The van der Waals surface area contributed by atoms with Gasteiger partial charge in [-0.05, 0) is 72.5 Å². The summed E-state index contributed by atoms with van der Waals surface area (Å²) in [5.74, 6) is 0. The molecular formula is C30H26Br2N6O2S2. The Labute approximate surface area is 268 Å². The van der Waals surface area contributed by atoms with Gasteiger partial charge in [0.1, 0.15) is 0 Å². The smallest absolute Gasteiger partial charge is 0.270 e. The number of anilines is 3. The van der Waals surface area contributed by atoms with Crippen molar-refractivity contribution in [3.63, 3.8) is 0 Å². The van der Waals surface area contributed by atoms with E-state index < -0.39 is 5.12 Å². The fraction of sp³-hybridized carbons (Fsp3) is 0.167. The van der Waals surface area contributed by atoms with E-state index in [4.69, 9.17) is 16.5 Å². The zero-order valence-electron chi connectivity index (χ0n) is 22.2. The second-order valence-electron chi connectivity index (χ2n) is 9.95. The molecule has 12 heteroatoms. The van der Waals surface area contributed by atoms with Crippen LogP contribution >= 0.6 is 55.0 Å². The van der Waals surface area contributed by atoms with E-state index in [1.54, 1.807) is 23.9 Å². The third-order valence-corrected chi connectivity index (χ3v) is 10.6. The fourth-order valence-corrected chi connectivity index (χ4v) is 8.07. The van der Waals surface area contributed by atoms with Crippen molar-refractivity contribution in [3.8, 4) is 0 Å². The number of thiazole rings is 1. The minimum atomic E-state index is -1.03. The van der Waals surface area contributed by atoms with Gasteiger partial charge in [0.2, 0.25) is 5.12 Å². The molecule has 1 aliphatic heterocycles. The van der Waals surface area contributed by atoms with Crippen molar-refractivity contribution < 1.29 is 4.92 Å². The highest BCUT2D eigenvalue weighted by Gasteiger charge is 2.47. The van der Waals surface area contributed by atoms with E-state index in [-0.39, 0.29) is 10.6 Å². The number of nitrogen functional groups attached to an aromatic ring is 1. The molecule has 1 unspecified atom stereocenters. The summed E-state index contributed by atoms with van der Waals surface area (Å²) in [7, 11) is 0. The van der Waals surface area contributed by atoms with E-state index in [0.717, 1.165) is 42.6 Å². The summed E-state index contributed by atoms with van der Waals surface area (Å²) in [6, 6.07) is 27.2. The van der Waals surface area contributed by atoms with Crippen LogP contribution in [0.3, 0.4) is 0 Å². The van der Waals surface area contributed by atoms with Crippen LogP contribution in [-0.4, -0.2) is 28.1 Å². The summed E-state index contributed by atoms with van der Waals surface area (Å²) in [5.41, 5.74) is 18.5. The second kappa shape index (κ2) is 11.8. The standard InChI is InChI=1S/C30H26Br2N6O2S2/c31-21-5-1-19(2-6-21)13-15-36-26-12-9-23(33)17-28(26)42-30(36,34)37(16-14-20-3-7-22(32)8-4-20)29-35-25-11-10-24(38(39)40)18-27(25)41-29/h1-12,17-18H,13-16,33-34H2. The number of nitro benzene ring substituents is 1. The zero-order chi connectivity index (χ0) is 29.4. The van der Waals surface area contributed by atoms with Gasteiger partial charge in [0.15, 0.2) is 5.13 Å². The molecule has 6 rings (SSSR count). The first-order valence-corrected chi connectivity index (χ1v) is 16.4. The number of non-ortho nitro benzene ring substituents is 1. The van der Waals surface area contributed by atoms with E-state index in [1.165, 1.54) is 23.0 Å². The van der Waals surface area contributed by atoms with E-state index in [2.05, 4.69) is 65.9 Å². The second-order valence-corrected chi connectivity index (χ2v) is 14.0. The predicted octanol–water partition coefficient (Wildman–Crippen LogP) is 7.79. The van der Waals surface area contributed by atoms with Crippen LogP contribution in [0.4, 0.5) is 22.2 Å². The molecule has 42 heavy (non-hydrogen) atoms. The van der Waals surface area contributed by atoms with E-state index in [9.17, 15) is 10.1 Å². The lowest BCUT2D eigenvalue weighted by Gasteiger charge is -2.44. The van der Waals surface area contributed by atoms with Gasteiger partial charge in [-0.1, -0.05) is 79.2 Å². The maximum Gasteiger partial charge on any atom is 0.270 e. The van der Waals surface area contributed by atoms with Gasteiger partial charge in [-0.25, -0.2) is 4.98 Å². The molecule has 0 saturated carbocycles. The minimum Gasteiger partial charge on any atom is -0.399 e. The molecule has 1 aliphatic rings. The average Bonchev–Trinajstić information content (AvgIpc) is 3.51. The summed E-state index contributed by atoms with van der Waals surface area (Å²) in [5, 5.41) is 11.1. The molecule has 0 radical (unpaired) electrons. The molecule has 0 spiro atoms. The van der Waals surface area contributed by atoms with Gasteiger partial charge in [-0.2, -0.15) is 0 Å². The largest absolute Gasteiger partial charge is 0.399 e. The molecule has 1 atom stereocenters. The van der Waals surface area contributed by atoms with Crippen LogP contribution in [0.2, 0.25) is 0 Å². The Morgan fingerprint density at radius 1 is 0.929 bits per heavy atom. The highest BCUT2D eigenvalue weighted by Crippen LogP contribution is 2.51. The maximum absolute atomic E-state index is 11.5. The van der Waals surface area contributed by atoms with Crippen LogP contribution in [0.15, 0.2) is 98.8 Å². The lowest BCUT2D eigenvalue weighted by Crippen LogP contribution is -2.64. The number of nitro groups is 1.